The lowest BCUT2D eigenvalue weighted by atomic mass is 10.0. The highest BCUT2D eigenvalue weighted by atomic mass is 15.2. The molecule has 4 heteroatoms. The molecule has 1 N–H and O–H groups in total. The number of hydrogen-bond donors (Lipinski definition) is 1. The minimum Gasteiger partial charge on any atom is -0.324 e. The van der Waals surface area contributed by atoms with Gasteiger partial charge in [-0.15, -0.1) is 0 Å². The molecular weight excluding hydrogens is 464 g/mol. The molecule has 38 heavy (non-hydrogen) atoms. The highest BCUT2D eigenvalue weighted by Crippen LogP contribution is 2.33. The Labute approximate surface area is 221 Å². The number of amidine groups is 2. The van der Waals surface area contributed by atoms with Gasteiger partial charge in [-0.1, -0.05) is 97.1 Å². The van der Waals surface area contributed by atoms with Crippen LogP contribution in [0.2, 0.25) is 0 Å². The van der Waals surface area contributed by atoms with Crippen molar-refractivity contribution in [2.24, 2.45) is 9.98 Å². The van der Waals surface area contributed by atoms with Crippen molar-refractivity contribution in [1.29, 1.82) is 0 Å². The van der Waals surface area contributed by atoms with Gasteiger partial charge < -0.3 is 9.88 Å². The molecule has 0 bridgehead atoms. The molecular formula is C34H26N4. The van der Waals surface area contributed by atoms with E-state index < -0.39 is 5.66 Å². The number of nitrogens with one attached hydrogen (secondary N) is 1. The Morgan fingerprint density at radius 3 is 1.58 bits per heavy atom. The molecule has 0 saturated carbocycles. The molecule has 1 aliphatic rings. The van der Waals surface area contributed by atoms with E-state index in [1.54, 1.807) is 0 Å². The average Bonchev–Trinajstić information content (AvgIpc) is 3.32. The van der Waals surface area contributed by atoms with Crippen molar-refractivity contribution in [2.45, 2.75) is 12.6 Å². The van der Waals surface area contributed by atoms with Gasteiger partial charge in [-0.25, -0.2) is 9.98 Å². The zero-order valence-corrected chi connectivity index (χ0v) is 21.0. The topological polar surface area (TPSA) is 41.7 Å². The van der Waals surface area contributed by atoms with Gasteiger partial charge in [0.1, 0.15) is 11.7 Å². The zero-order chi connectivity index (χ0) is 25.5. The Kier molecular flexibility index (Phi) is 5.19. The second kappa shape index (κ2) is 8.86. The quantitative estimate of drug-likeness (QED) is 0.274. The molecule has 5 aromatic carbocycles. The maximum absolute atomic E-state index is 5.13. The first kappa shape index (κ1) is 22.3. The lowest BCUT2D eigenvalue weighted by molar-refractivity contribution is 0.518. The summed E-state index contributed by atoms with van der Waals surface area (Å²) in [6.07, 6.45) is 0. The van der Waals surface area contributed by atoms with E-state index in [0.717, 1.165) is 34.0 Å². The van der Waals surface area contributed by atoms with Gasteiger partial charge in [-0.05, 0) is 43.3 Å². The molecule has 1 aromatic heterocycles. The number of hydrogen-bond acceptors (Lipinski definition) is 3. The molecule has 0 saturated heterocycles. The van der Waals surface area contributed by atoms with Gasteiger partial charge in [0, 0.05) is 33.2 Å². The summed E-state index contributed by atoms with van der Waals surface area (Å²) in [7, 11) is 0. The lowest BCUT2D eigenvalue weighted by Crippen LogP contribution is -2.40. The van der Waals surface area contributed by atoms with Crippen LogP contribution in [0.3, 0.4) is 0 Å². The van der Waals surface area contributed by atoms with Crippen LogP contribution in [0.15, 0.2) is 143 Å². The lowest BCUT2D eigenvalue weighted by Gasteiger charge is -2.30. The van der Waals surface area contributed by atoms with Crippen molar-refractivity contribution in [3.8, 4) is 5.69 Å². The van der Waals surface area contributed by atoms with Crippen LogP contribution in [0.1, 0.15) is 23.6 Å². The second-order valence-corrected chi connectivity index (χ2v) is 9.72. The van der Waals surface area contributed by atoms with Crippen molar-refractivity contribution < 1.29 is 0 Å². The SMILES string of the molecule is CC1(c2ccccc2)N=C(c2ccccc2)NC(c2ccc(-n3c4ccccc4c4ccccc43)cc2)=N1. The first-order chi connectivity index (χ1) is 18.7. The van der Waals surface area contributed by atoms with E-state index in [-0.39, 0.29) is 0 Å². The maximum atomic E-state index is 5.13. The van der Waals surface area contributed by atoms with E-state index in [2.05, 4.69) is 114 Å². The first-order valence-corrected chi connectivity index (χ1v) is 12.9. The monoisotopic (exact) mass is 490 g/mol. The number of fused-ring (bicyclic) bond motifs is 3. The molecule has 1 unspecified atom stereocenters. The molecule has 0 radical (unpaired) electrons. The van der Waals surface area contributed by atoms with Crippen molar-refractivity contribution in [3.63, 3.8) is 0 Å². The number of para-hydroxylation sites is 2. The van der Waals surface area contributed by atoms with Crippen molar-refractivity contribution in [3.05, 3.63) is 150 Å². The van der Waals surface area contributed by atoms with Gasteiger partial charge in [0.2, 0.25) is 0 Å². The van der Waals surface area contributed by atoms with E-state index in [4.69, 9.17) is 9.98 Å². The highest BCUT2D eigenvalue weighted by Gasteiger charge is 2.31. The van der Waals surface area contributed by atoms with Gasteiger partial charge >= 0.3 is 0 Å². The summed E-state index contributed by atoms with van der Waals surface area (Å²) in [6.45, 7) is 2.07. The molecule has 2 heterocycles. The van der Waals surface area contributed by atoms with Crippen molar-refractivity contribution in [1.82, 2.24) is 9.88 Å². The van der Waals surface area contributed by atoms with Gasteiger partial charge in [0.05, 0.1) is 11.0 Å². The molecule has 0 amide bonds. The van der Waals surface area contributed by atoms with Crippen LogP contribution in [0, 0.1) is 0 Å². The fraction of sp³-hybridized carbons (Fsp3) is 0.0588. The van der Waals surface area contributed by atoms with Crippen LogP contribution in [0.4, 0.5) is 0 Å². The van der Waals surface area contributed by atoms with E-state index in [1.165, 1.54) is 21.8 Å². The van der Waals surface area contributed by atoms with Gasteiger partial charge in [0.25, 0.3) is 0 Å². The van der Waals surface area contributed by atoms with Crippen LogP contribution in [-0.4, -0.2) is 16.2 Å². The van der Waals surface area contributed by atoms with Crippen molar-refractivity contribution in [2.75, 3.05) is 0 Å². The second-order valence-electron chi connectivity index (χ2n) is 9.72. The van der Waals surface area contributed by atoms with Crippen LogP contribution in [0.25, 0.3) is 27.5 Å². The summed E-state index contributed by atoms with van der Waals surface area (Å²) in [5, 5.41) is 6.03. The number of nitrogens with zero attached hydrogens (tertiary/aromatic N) is 3. The minimum absolute atomic E-state index is 0.738. The predicted octanol–water partition coefficient (Wildman–Crippen LogP) is 7.45. The first-order valence-electron chi connectivity index (χ1n) is 12.9. The Hall–Kier alpha value is -4.96. The summed E-state index contributed by atoms with van der Waals surface area (Å²) >= 11 is 0. The standard InChI is InChI=1S/C34H26N4/c1-34(26-14-6-3-7-15-26)36-32(24-12-4-2-5-13-24)35-33(37-34)25-20-22-27(23-21-25)38-30-18-10-8-16-28(30)29-17-9-11-19-31(29)38/h2-23H,1H3,(H,35,36,37). The van der Waals surface area contributed by atoms with Crippen LogP contribution >= 0.6 is 0 Å². The van der Waals surface area contributed by atoms with E-state index in [1.807, 2.05) is 36.4 Å². The van der Waals surface area contributed by atoms with Crippen LogP contribution in [0.5, 0.6) is 0 Å². The molecule has 0 fully saturated rings. The van der Waals surface area contributed by atoms with Crippen LogP contribution in [-0.2, 0) is 5.66 Å². The molecule has 0 aliphatic carbocycles. The third kappa shape index (κ3) is 3.70. The Morgan fingerprint density at radius 1 is 0.526 bits per heavy atom. The van der Waals surface area contributed by atoms with E-state index in [9.17, 15) is 0 Å². The smallest absolute Gasteiger partial charge is 0.177 e. The largest absolute Gasteiger partial charge is 0.324 e. The van der Waals surface area contributed by atoms with E-state index in [0.29, 0.717) is 0 Å². The third-order valence-electron chi connectivity index (χ3n) is 7.24. The number of aromatic nitrogens is 1. The van der Waals surface area contributed by atoms with Gasteiger partial charge in [0.15, 0.2) is 5.66 Å². The summed E-state index contributed by atoms with van der Waals surface area (Å²) < 4.78 is 2.33. The van der Waals surface area contributed by atoms with Gasteiger partial charge in [-0.3, -0.25) is 0 Å². The predicted molar refractivity (Wildman–Crippen MR) is 157 cm³/mol. The molecule has 0 spiro atoms. The fourth-order valence-corrected chi connectivity index (χ4v) is 5.35. The van der Waals surface area contributed by atoms with Gasteiger partial charge in [-0.2, -0.15) is 0 Å². The van der Waals surface area contributed by atoms with Crippen molar-refractivity contribution >= 4 is 33.5 Å². The van der Waals surface area contributed by atoms with Crippen LogP contribution < -0.4 is 5.32 Å². The third-order valence-corrected chi connectivity index (χ3v) is 7.24. The number of benzene rings is 5. The fourth-order valence-electron chi connectivity index (χ4n) is 5.35. The molecule has 6 aromatic rings. The Balaban J connectivity index is 1.33. The Bertz CT molecular complexity index is 1780. The zero-order valence-electron chi connectivity index (χ0n) is 21.0. The summed E-state index contributed by atoms with van der Waals surface area (Å²) in [5.41, 5.74) is 5.87. The minimum atomic E-state index is -0.738. The molecule has 1 aliphatic heterocycles. The highest BCUT2D eigenvalue weighted by molar-refractivity contribution is 6.16. The summed E-state index contributed by atoms with van der Waals surface area (Å²) in [6, 6.07) is 46.3. The summed E-state index contributed by atoms with van der Waals surface area (Å²) in [4.78, 5) is 10.2. The molecule has 1 atom stereocenters. The summed E-state index contributed by atoms with van der Waals surface area (Å²) in [5.74, 6) is 1.62. The maximum Gasteiger partial charge on any atom is 0.177 e. The molecule has 182 valence electrons. The number of rotatable bonds is 4. The Morgan fingerprint density at radius 2 is 1.00 bits per heavy atom. The number of aliphatic imine (C=N–C) groups is 2. The molecule has 7 rings (SSSR count). The molecule has 4 nitrogen and oxygen atoms in total. The van der Waals surface area contributed by atoms with E-state index >= 15 is 0 Å². The normalized spacial score (nSPS) is 17.2. The average molecular weight is 491 g/mol.